The minimum atomic E-state index is -0.129. The highest BCUT2D eigenvalue weighted by Gasteiger charge is 2.14. The van der Waals surface area contributed by atoms with Gasteiger partial charge in [0.25, 0.3) is 5.91 Å². The molecule has 0 fully saturated rings. The molecule has 0 atom stereocenters. The molecule has 25 heavy (non-hydrogen) atoms. The molecule has 5 heteroatoms. The molecule has 0 radical (unpaired) electrons. The first kappa shape index (κ1) is 18.8. The van der Waals surface area contributed by atoms with Crippen LogP contribution in [0.1, 0.15) is 41.2 Å². The first-order chi connectivity index (χ1) is 11.9. The van der Waals surface area contributed by atoms with Crippen molar-refractivity contribution in [3.63, 3.8) is 0 Å². The van der Waals surface area contributed by atoms with Crippen LogP contribution in [0.3, 0.4) is 0 Å². The van der Waals surface area contributed by atoms with Gasteiger partial charge in [0.05, 0.1) is 11.3 Å². The highest BCUT2D eigenvalue weighted by molar-refractivity contribution is 5.96. The molecule has 2 rings (SSSR count). The lowest BCUT2D eigenvalue weighted by molar-refractivity contribution is 0.0950. The number of carbonyl (C=O) groups excluding carboxylic acids is 1. The van der Waals surface area contributed by atoms with E-state index in [9.17, 15) is 4.79 Å². The van der Waals surface area contributed by atoms with Crippen LogP contribution < -0.4 is 10.1 Å². The maximum Gasteiger partial charge on any atom is 0.255 e. The Labute approximate surface area is 149 Å². The highest BCUT2D eigenvalue weighted by atomic mass is 16.5. The largest absolute Gasteiger partial charge is 0.488 e. The Kier molecular flexibility index (Phi) is 6.39. The third kappa shape index (κ3) is 4.72. The minimum Gasteiger partial charge on any atom is -0.488 e. The fraction of sp³-hybridized carbons (Fsp3) is 0.400. The fourth-order valence-electron chi connectivity index (χ4n) is 2.78. The van der Waals surface area contributed by atoms with Crippen molar-refractivity contribution in [3.05, 3.63) is 58.9 Å². The Morgan fingerprint density at radius 3 is 2.68 bits per heavy atom. The van der Waals surface area contributed by atoms with Crippen LogP contribution in [-0.4, -0.2) is 28.8 Å². The molecule has 2 aromatic rings. The van der Waals surface area contributed by atoms with Gasteiger partial charge in [0.1, 0.15) is 12.4 Å². The Morgan fingerprint density at radius 1 is 1.32 bits per heavy atom. The molecule has 0 unspecified atom stereocenters. The molecule has 5 nitrogen and oxygen atoms in total. The second-order valence-corrected chi connectivity index (χ2v) is 6.21. The lowest BCUT2D eigenvalue weighted by Gasteiger charge is -2.12. The summed E-state index contributed by atoms with van der Waals surface area (Å²) >= 11 is 0. The maximum atomic E-state index is 12.5. The number of nitrogens with one attached hydrogen (secondary N) is 1. The Morgan fingerprint density at radius 2 is 2.04 bits per heavy atom. The molecule has 1 amide bonds. The Balaban J connectivity index is 1.99. The summed E-state index contributed by atoms with van der Waals surface area (Å²) in [6, 6.07) is 7.27. The van der Waals surface area contributed by atoms with Gasteiger partial charge in [-0.3, -0.25) is 9.48 Å². The summed E-state index contributed by atoms with van der Waals surface area (Å²) in [5.74, 6) is 0.449. The summed E-state index contributed by atoms with van der Waals surface area (Å²) in [6.07, 6.45) is 0.762. The number of carbonyl (C=O) groups is 1. The van der Waals surface area contributed by atoms with E-state index in [1.165, 1.54) is 11.3 Å². The number of ether oxygens (including phenoxy) is 1. The second-order valence-electron chi connectivity index (χ2n) is 6.21. The molecule has 0 saturated carbocycles. The van der Waals surface area contributed by atoms with Crippen LogP contribution in [0.5, 0.6) is 5.75 Å². The number of hydrogen-bond acceptors (Lipinski definition) is 3. The summed E-state index contributed by atoms with van der Waals surface area (Å²) in [5, 5.41) is 7.49. The lowest BCUT2D eigenvalue weighted by atomic mass is 10.1. The van der Waals surface area contributed by atoms with Crippen LogP contribution >= 0.6 is 0 Å². The van der Waals surface area contributed by atoms with Crippen molar-refractivity contribution in [2.45, 2.75) is 40.7 Å². The summed E-state index contributed by atoms with van der Waals surface area (Å²) in [7, 11) is 0. The van der Waals surface area contributed by atoms with Gasteiger partial charge in [0.2, 0.25) is 0 Å². The van der Waals surface area contributed by atoms with Gasteiger partial charge in [-0.1, -0.05) is 18.7 Å². The van der Waals surface area contributed by atoms with Crippen LogP contribution in [0.25, 0.3) is 0 Å². The van der Waals surface area contributed by atoms with Gasteiger partial charge in [-0.05, 0) is 57.4 Å². The zero-order chi connectivity index (χ0) is 18.4. The summed E-state index contributed by atoms with van der Waals surface area (Å²) in [6.45, 7) is 13.7. The van der Waals surface area contributed by atoms with Gasteiger partial charge in [0.15, 0.2) is 0 Å². The van der Waals surface area contributed by atoms with E-state index in [4.69, 9.17) is 4.74 Å². The van der Waals surface area contributed by atoms with Crippen LogP contribution in [0.4, 0.5) is 0 Å². The maximum absolute atomic E-state index is 12.5. The minimum absolute atomic E-state index is 0.129. The molecule has 0 aliphatic rings. The van der Waals surface area contributed by atoms with E-state index < -0.39 is 0 Å². The molecule has 1 heterocycles. The van der Waals surface area contributed by atoms with Crippen molar-refractivity contribution in [2.75, 3.05) is 13.2 Å². The average molecular weight is 341 g/mol. The van der Waals surface area contributed by atoms with Gasteiger partial charge < -0.3 is 10.1 Å². The van der Waals surface area contributed by atoms with Gasteiger partial charge >= 0.3 is 0 Å². The van der Waals surface area contributed by atoms with E-state index in [0.717, 1.165) is 24.2 Å². The predicted molar refractivity (Wildman–Crippen MR) is 100 cm³/mol. The number of amides is 1. The molecule has 0 aliphatic carbocycles. The van der Waals surface area contributed by atoms with E-state index in [-0.39, 0.29) is 5.91 Å². The Hall–Kier alpha value is -2.56. The Bertz CT molecular complexity index is 762. The van der Waals surface area contributed by atoms with Crippen molar-refractivity contribution in [1.82, 2.24) is 15.1 Å². The highest BCUT2D eigenvalue weighted by Crippen LogP contribution is 2.19. The van der Waals surface area contributed by atoms with Crippen LogP contribution in [0.15, 0.2) is 36.4 Å². The summed E-state index contributed by atoms with van der Waals surface area (Å²) in [4.78, 5) is 12.5. The van der Waals surface area contributed by atoms with Gasteiger partial charge in [-0.25, -0.2) is 0 Å². The van der Waals surface area contributed by atoms with Gasteiger partial charge in [0, 0.05) is 18.8 Å². The molecular formula is C20H27N3O2. The zero-order valence-corrected chi connectivity index (χ0v) is 15.6. The molecular weight excluding hydrogens is 314 g/mol. The normalized spacial score (nSPS) is 10.6. The summed E-state index contributed by atoms with van der Waals surface area (Å²) in [5.41, 5.74) is 4.85. The van der Waals surface area contributed by atoms with Crippen molar-refractivity contribution in [3.8, 4) is 5.75 Å². The molecule has 1 aromatic heterocycles. The number of rotatable bonds is 8. The van der Waals surface area contributed by atoms with Gasteiger partial charge in [-0.15, -0.1) is 0 Å². The standard InChI is InChI=1S/C20H27N3O2/c1-6-23-16(5)17(15(4)22-23)11-12-21-20(24)18-9-7-8-10-19(18)25-13-14(2)3/h7-10H,2,6,11-13H2,1,3-5H3,(H,21,24). The number of nitrogens with zero attached hydrogens (tertiary/aromatic N) is 2. The molecule has 0 saturated heterocycles. The second kappa shape index (κ2) is 8.51. The van der Waals surface area contributed by atoms with Crippen LogP contribution in [0, 0.1) is 13.8 Å². The fourth-order valence-corrected chi connectivity index (χ4v) is 2.78. The van der Waals surface area contributed by atoms with Crippen molar-refractivity contribution in [1.29, 1.82) is 0 Å². The first-order valence-corrected chi connectivity index (χ1v) is 8.61. The third-order valence-corrected chi connectivity index (χ3v) is 4.10. The number of benzene rings is 1. The van der Waals surface area contributed by atoms with E-state index in [1.54, 1.807) is 12.1 Å². The van der Waals surface area contributed by atoms with Crippen LogP contribution in [-0.2, 0) is 13.0 Å². The molecule has 0 spiro atoms. The zero-order valence-electron chi connectivity index (χ0n) is 15.6. The van der Waals surface area contributed by atoms with E-state index in [0.29, 0.717) is 24.5 Å². The lowest BCUT2D eigenvalue weighted by Crippen LogP contribution is -2.26. The van der Waals surface area contributed by atoms with Crippen molar-refractivity contribution >= 4 is 5.91 Å². The summed E-state index contributed by atoms with van der Waals surface area (Å²) < 4.78 is 7.66. The quantitative estimate of drug-likeness (QED) is 0.748. The molecule has 0 bridgehead atoms. The van der Waals surface area contributed by atoms with E-state index in [2.05, 4.69) is 30.8 Å². The van der Waals surface area contributed by atoms with Crippen molar-refractivity contribution < 1.29 is 9.53 Å². The van der Waals surface area contributed by atoms with Crippen molar-refractivity contribution in [2.24, 2.45) is 0 Å². The molecule has 0 aliphatic heterocycles. The smallest absolute Gasteiger partial charge is 0.255 e. The monoisotopic (exact) mass is 341 g/mol. The number of aryl methyl sites for hydroxylation is 2. The SMILES string of the molecule is C=C(C)COc1ccccc1C(=O)NCCc1c(C)nn(CC)c1C. The number of hydrogen-bond donors (Lipinski definition) is 1. The molecule has 1 aromatic carbocycles. The average Bonchev–Trinajstić information content (AvgIpc) is 2.87. The number of aromatic nitrogens is 2. The van der Waals surface area contributed by atoms with E-state index >= 15 is 0 Å². The predicted octanol–water partition coefficient (Wildman–Crippen LogP) is 3.45. The first-order valence-electron chi connectivity index (χ1n) is 8.61. The molecule has 1 N–H and O–H groups in total. The topological polar surface area (TPSA) is 56.1 Å². The molecule has 134 valence electrons. The van der Waals surface area contributed by atoms with E-state index in [1.807, 2.05) is 30.7 Å². The third-order valence-electron chi connectivity index (χ3n) is 4.10. The van der Waals surface area contributed by atoms with Gasteiger partial charge in [-0.2, -0.15) is 5.10 Å². The van der Waals surface area contributed by atoms with Crippen LogP contribution in [0.2, 0.25) is 0 Å². The number of para-hydroxylation sites is 1.